The lowest BCUT2D eigenvalue weighted by Gasteiger charge is -2.02. The quantitative estimate of drug-likeness (QED) is 0.763. The summed E-state index contributed by atoms with van der Waals surface area (Å²) in [6, 6.07) is 10.3. The maximum Gasteiger partial charge on any atom is 0.141 e. The maximum atomic E-state index is 8.73. The second-order valence-corrected chi connectivity index (χ2v) is 3.52. The molecule has 5 heteroatoms. The summed E-state index contributed by atoms with van der Waals surface area (Å²) in [5.41, 5.74) is 7.63. The first-order valence-electron chi connectivity index (χ1n) is 4.49. The highest BCUT2D eigenvalue weighted by Crippen LogP contribution is 2.20. The van der Waals surface area contributed by atoms with Gasteiger partial charge in [0.2, 0.25) is 0 Å². The van der Waals surface area contributed by atoms with Gasteiger partial charge in [0, 0.05) is 5.69 Å². The van der Waals surface area contributed by atoms with Crippen molar-refractivity contribution in [2.45, 2.75) is 0 Å². The van der Waals surface area contributed by atoms with Crippen molar-refractivity contribution in [1.29, 1.82) is 5.26 Å². The molecule has 0 fully saturated rings. The van der Waals surface area contributed by atoms with Crippen LogP contribution in [-0.4, -0.2) is 9.97 Å². The van der Waals surface area contributed by atoms with E-state index in [-0.39, 0.29) is 0 Å². The third-order valence-electron chi connectivity index (χ3n) is 1.94. The van der Waals surface area contributed by atoms with Crippen molar-refractivity contribution in [3.8, 4) is 17.5 Å². The predicted molar refractivity (Wildman–Crippen MR) is 61.6 cm³/mol. The molecule has 0 saturated carbocycles. The molecule has 0 spiro atoms. The number of nitrogens with zero attached hydrogens (tertiary/aromatic N) is 3. The molecule has 2 rings (SSSR count). The minimum atomic E-state index is 0.305. The van der Waals surface area contributed by atoms with Crippen molar-refractivity contribution >= 4 is 17.3 Å². The van der Waals surface area contributed by atoms with Crippen molar-refractivity contribution in [1.82, 2.24) is 9.97 Å². The monoisotopic (exact) mass is 230 g/mol. The summed E-state index contributed by atoms with van der Waals surface area (Å²) in [4.78, 5) is 8.20. The molecule has 0 aliphatic rings. The summed E-state index contributed by atoms with van der Waals surface area (Å²) in [7, 11) is 0. The fraction of sp³-hybridized carbons (Fsp3) is 0. The molecule has 0 atom stereocenters. The number of nitriles is 1. The minimum Gasteiger partial charge on any atom is -0.399 e. The molecule has 2 N–H and O–H groups in total. The van der Waals surface area contributed by atoms with E-state index in [1.54, 1.807) is 30.3 Å². The number of hydrogen-bond acceptors (Lipinski definition) is 4. The first-order chi connectivity index (χ1) is 7.69. The number of aromatic nitrogens is 2. The number of nitrogen functional groups attached to an aromatic ring is 1. The Kier molecular flexibility index (Phi) is 2.71. The molecule has 4 nitrogen and oxygen atoms in total. The Morgan fingerprint density at radius 2 is 2.00 bits per heavy atom. The van der Waals surface area contributed by atoms with Crippen LogP contribution in [0.2, 0.25) is 5.15 Å². The van der Waals surface area contributed by atoms with E-state index in [9.17, 15) is 0 Å². The largest absolute Gasteiger partial charge is 0.399 e. The van der Waals surface area contributed by atoms with Gasteiger partial charge in [-0.15, -0.1) is 0 Å². The number of rotatable bonds is 1. The van der Waals surface area contributed by atoms with Crippen molar-refractivity contribution in [3.05, 3.63) is 41.2 Å². The molecule has 0 unspecified atom stereocenters. The highest BCUT2D eigenvalue weighted by atomic mass is 35.5. The van der Waals surface area contributed by atoms with E-state index >= 15 is 0 Å². The average molecular weight is 231 g/mol. The number of nitrogens with two attached hydrogens (primary N) is 1. The summed E-state index contributed by atoms with van der Waals surface area (Å²) in [6.07, 6.45) is 0. The molecule has 2 aromatic rings. The maximum absolute atomic E-state index is 8.73. The zero-order valence-electron chi connectivity index (χ0n) is 8.18. The second-order valence-electron chi connectivity index (χ2n) is 3.13. The lowest BCUT2D eigenvalue weighted by molar-refractivity contribution is 1.22. The Labute approximate surface area is 97.3 Å². The van der Waals surface area contributed by atoms with Crippen LogP contribution >= 0.6 is 11.6 Å². The fourth-order valence-electron chi connectivity index (χ4n) is 1.29. The normalized spacial score (nSPS) is 9.75. The first kappa shape index (κ1) is 10.4. The Bertz CT molecular complexity index is 554. The molecule has 0 aliphatic carbocycles. The number of pyridine rings is 2. The number of hydrogen-bond donors (Lipinski definition) is 1. The zero-order valence-corrected chi connectivity index (χ0v) is 8.94. The molecule has 2 aromatic heterocycles. The van der Waals surface area contributed by atoms with E-state index < -0.39 is 0 Å². The van der Waals surface area contributed by atoms with E-state index in [0.717, 1.165) is 0 Å². The van der Waals surface area contributed by atoms with Gasteiger partial charge in [0.15, 0.2) is 0 Å². The second kappa shape index (κ2) is 4.17. The highest BCUT2D eigenvalue weighted by Gasteiger charge is 2.04. The van der Waals surface area contributed by atoms with Crippen LogP contribution in [0.1, 0.15) is 5.69 Å². The zero-order chi connectivity index (χ0) is 11.5. The lowest BCUT2D eigenvalue weighted by Crippen LogP contribution is -1.93. The van der Waals surface area contributed by atoms with Gasteiger partial charge in [-0.3, -0.25) is 0 Å². The molecular formula is C11H7ClN4. The molecule has 2 heterocycles. The van der Waals surface area contributed by atoms with Crippen LogP contribution in [0.15, 0.2) is 30.3 Å². The molecule has 0 saturated heterocycles. The van der Waals surface area contributed by atoms with E-state index in [1.165, 1.54) is 0 Å². The predicted octanol–water partition coefficient (Wildman–Crippen LogP) is 2.25. The Morgan fingerprint density at radius 3 is 2.69 bits per heavy atom. The Hall–Kier alpha value is -2.12. The third-order valence-corrected chi connectivity index (χ3v) is 2.14. The van der Waals surface area contributed by atoms with Gasteiger partial charge < -0.3 is 5.73 Å². The highest BCUT2D eigenvalue weighted by molar-refractivity contribution is 6.29. The lowest BCUT2D eigenvalue weighted by atomic mass is 10.2. The van der Waals surface area contributed by atoms with E-state index in [2.05, 4.69) is 9.97 Å². The molecule has 0 aliphatic heterocycles. The summed E-state index contributed by atoms with van der Waals surface area (Å²) in [6.45, 7) is 0. The summed E-state index contributed by atoms with van der Waals surface area (Å²) in [5, 5.41) is 9.04. The Balaban J connectivity index is 2.54. The van der Waals surface area contributed by atoms with E-state index in [4.69, 9.17) is 22.6 Å². The van der Waals surface area contributed by atoms with Crippen LogP contribution in [0.5, 0.6) is 0 Å². The molecular weight excluding hydrogens is 224 g/mol. The van der Waals surface area contributed by atoms with Crippen molar-refractivity contribution in [3.63, 3.8) is 0 Å². The van der Waals surface area contributed by atoms with Gasteiger partial charge in [-0.2, -0.15) is 5.26 Å². The van der Waals surface area contributed by atoms with E-state index in [0.29, 0.717) is 27.9 Å². The standard InChI is InChI=1S/C11H7ClN4/c12-11-5-7(14)4-10(16-11)9-3-1-2-8(6-13)15-9/h1-5H,(H2,14,16). The van der Waals surface area contributed by atoms with Gasteiger partial charge in [0.25, 0.3) is 0 Å². The van der Waals surface area contributed by atoms with Gasteiger partial charge in [-0.05, 0) is 24.3 Å². The smallest absolute Gasteiger partial charge is 0.141 e. The molecule has 0 radical (unpaired) electrons. The van der Waals surface area contributed by atoms with E-state index in [1.807, 2.05) is 6.07 Å². The first-order valence-corrected chi connectivity index (χ1v) is 4.87. The van der Waals surface area contributed by atoms with Crippen molar-refractivity contribution in [2.24, 2.45) is 0 Å². The molecule has 16 heavy (non-hydrogen) atoms. The van der Waals surface area contributed by atoms with Crippen LogP contribution in [0.25, 0.3) is 11.4 Å². The fourth-order valence-corrected chi connectivity index (χ4v) is 1.50. The van der Waals surface area contributed by atoms with Gasteiger partial charge in [0.1, 0.15) is 16.9 Å². The topological polar surface area (TPSA) is 75.6 Å². The summed E-state index contributed by atoms with van der Waals surface area (Å²) >= 11 is 5.79. The third kappa shape index (κ3) is 2.10. The molecule has 0 amide bonds. The van der Waals surface area contributed by atoms with Crippen LogP contribution < -0.4 is 5.73 Å². The van der Waals surface area contributed by atoms with Gasteiger partial charge in [-0.1, -0.05) is 17.7 Å². The average Bonchev–Trinajstić information content (AvgIpc) is 2.28. The van der Waals surface area contributed by atoms with Crippen LogP contribution in [-0.2, 0) is 0 Å². The number of halogens is 1. The van der Waals surface area contributed by atoms with Crippen LogP contribution in [0.3, 0.4) is 0 Å². The molecule has 78 valence electrons. The Morgan fingerprint density at radius 1 is 1.19 bits per heavy atom. The van der Waals surface area contributed by atoms with Crippen molar-refractivity contribution < 1.29 is 0 Å². The van der Waals surface area contributed by atoms with Gasteiger partial charge in [0.05, 0.1) is 11.4 Å². The molecule has 0 aromatic carbocycles. The summed E-state index contributed by atoms with van der Waals surface area (Å²) < 4.78 is 0. The summed E-state index contributed by atoms with van der Waals surface area (Å²) in [5.74, 6) is 0. The number of anilines is 1. The van der Waals surface area contributed by atoms with Crippen LogP contribution in [0, 0.1) is 11.3 Å². The van der Waals surface area contributed by atoms with Gasteiger partial charge in [-0.25, -0.2) is 9.97 Å². The minimum absolute atomic E-state index is 0.305. The van der Waals surface area contributed by atoms with Crippen molar-refractivity contribution in [2.75, 3.05) is 5.73 Å². The van der Waals surface area contributed by atoms with Crippen LogP contribution in [0.4, 0.5) is 5.69 Å². The SMILES string of the molecule is N#Cc1cccc(-c2cc(N)cc(Cl)n2)n1. The van der Waals surface area contributed by atoms with Gasteiger partial charge >= 0.3 is 0 Å². The molecule has 0 bridgehead atoms.